The average molecular weight is 230 g/mol. The number of carbonyl (C=O) groups is 1. The second-order valence-corrected chi connectivity index (χ2v) is 4.23. The normalized spacial score (nSPS) is 23.3. The fraction of sp³-hybridized carbons (Fsp3) is 0.909. The number of ether oxygens (including phenoxy) is 2. The van der Waals surface area contributed by atoms with E-state index < -0.39 is 0 Å². The van der Waals surface area contributed by atoms with Gasteiger partial charge in [0, 0.05) is 20.2 Å². The van der Waals surface area contributed by atoms with E-state index in [-0.39, 0.29) is 12.0 Å². The van der Waals surface area contributed by atoms with Crippen molar-refractivity contribution in [2.24, 2.45) is 5.92 Å². The van der Waals surface area contributed by atoms with Crippen LogP contribution < -0.4 is 5.32 Å². The molecule has 94 valence electrons. The van der Waals surface area contributed by atoms with Gasteiger partial charge >= 0.3 is 5.97 Å². The Bertz CT molecular complexity index is 223. The Labute approximate surface area is 97.1 Å². The van der Waals surface area contributed by atoms with Crippen molar-refractivity contribution in [3.63, 3.8) is 0 Å². The molecule has 1 aliphatic heterocycles. The Hall–Kier alpha value is -0.650. The number of methoxy groups -OCH3 is 2. The second kappa shape index (κ2) is 6.83. The first-order valence-electron chi connectivity index (χ1n) is 5.67. The Balaban J connectivity index is 2.34. The van der Waals surface area contributed by atoms with Crippen LogP contribution in [0.3, 0.4) is 0 Å². The SMILES string of the molecule is CNC(CN1CCC(COC)C1)C(=O)OC. The Kier molecular flexibility index (Phi) is 5.73. The molecule has 5 heteroatoms. The largest absolute Gasteiger partial charge is 0.468 e. The minimum absolute atomic E-state index is 0.197. The molecule has 0 aliphatic carbocycles. The molecule has 0 aromatic rings. The summed E-state index contributed by atoms with van der Waals surface area (Å²) in [5.74, 6) is 0.401. The number of carbonyl (C=O) groups excluding carboxylic acids is 1. The highest BCUT2D eigenvalue weighted by molar-refractivity contribution is 5.75. The van der Waals surface area contributed by atoms with Crippen LogP contribution >= 0.6 is 0 Å². The van der Waals surface area contributed by atoms with Crippen molar-refractivity contribution in [1.82, 2.24) is 10.2 Å². The molecular formula is C11H22N2O3. The zero-order chi connectivity index (χ0) is 12.0. The standard InChI is InChI=1S/C11H22N2O3/c1-12-10(11(14)16-3)7-13-5-4-9(6-13)8-15-2/h9-10,12H,4-8H2,1-3H3. The summed E-state index contributed by atoms with van der Waals surface area (Å²) >= 11 is 0. The summed E-state index contributed by atoms with van der Waals surface area (Å²) in [5.41, 5.74) is 0. The molecule has 0 bridgehead atoms. The third-order valence-electron chi connectivity index (χ3n) is 3.05. The Morgan fingerprint density at radius 3 is 2.88 bits per heavy atom. The van der Waals surface area contributed by atoms with E-state index in [1.165, 1.54) is 7.11 Å². The number of likely N-dealkylation sites (tertiary alicyclic amines) is 1. The summed E-state index contributed by atoms with van der Waals surface area (Å²) in [5, 5.41) is 2.98. The van der Waals surface area contributed by atoms with Crippen LogP contribution in [0.25, 0.3) is 0 Å². The third-order valence-corrected chi connectivity index (χ3v) is 3.05. The fourth-order valence-electron chi connectivity index (χ4n) is 2.13. The fourth-order valence-corrected chi connectivity index (χ4v) is 2.13. The summed E-state index contributed by atoms with van der Waals surface area (Å²) in [4.78, 5) is 13.7. The number of likely N-dealkylation sites (N-methyl/N-ethyl adjacent to an activating group) is 1. The predicted molar refractivity (Wildman–Crippen MR) is 61.3 cm³/mol. The zero-order valence-corrected chi connectivity index (χ0v) is 10.4. The monoisotopic (exact) mass is 230 g/mol. The Morgan fingerprint density at radius 2 is 2.31 bits per heavy atom. The van der Waals surface area contributed by atoms with Gasteiger partial charge in [0.1, 0.15) is 6.04 Å². The first kappa shape index (κ1) is 13.4. The molecule has 0 aromatic carbocycles. The first-order valence-corrected chi connectivity index (χ1v) is 5.67. The summed E-state index contributed by atoms with van der Waals surface area (Å²) in [7, 11) is 4.93. The smallest absolute Gasteiger partial charge is 0.324 e. The van der Waals surface area contributed by atoms with Crippen LogP contribution in [0.4, 0.5) is 0 Å². The molecule has 1 aliphatic rings. The average Bonchev–Trinajstić information content (AvgIpc) is 2.73. The summed E-state index contributed by atoms with van der Waals surface area (Å²) < 4.78 is 9.88. The first-order chi connectivity index (χ1) is 7.71. The number of nitrogens with one attached hydrogen (secondary N) is 1. The van der Waals surface area contributed by atoms with Crippen LogP contribution in [-0.2, 0) is 14.3 Å². The van der Waals surface area contributed by atoms with Crippen LogP contribution in [0.2, 0.25) is 0 Å². The maximum Gasteiger partial charge on any atom is 0.324 e. The Morgan fingerprint density at radius 1 is 1.56 bits per heavy atom. The van der Waals surface area contributed by atoms with Crippen LogP contribution in [0.5, 0.6) is 0 Å². The van der Waals surface area contributed by atoms with Gasteiger partial charge in [-0.2, -0.15) is 0 Å². The molecule has 0 spiro atoms. The van der Waals surface area contributed by atoms with E-state index in [9.17, 15) is 4.79 Å². The molecule has 5 nitrogen and oxygen atoms in total. The van der Waals surface area contributed by atoms with E-state index >= 15 is 0 Å². The van der Waals surface area contributed by atoms with Crippen molar-refractivity contribution >= 4 is 5.97 Å². The van der Waals surface area contributed by atoms with Gasteiger partial charge in [0.05, 0.1) is 13.7 Å². The van der Waals surface area contributed by atoms with Gasteiger partial charge in [-0.15, -0.1) is 0 Å². The minimum Gasteiger partial charge on any atom is -0.468 e. The van der Waals surface area contributed by atoms with Gasteiger partial charge < -0.3 is 19.7 Å². The number of rotatable bonds is 6. The molecule has 1 rings (SSSR count). The van der Waals surface area contributed by atoms with Gasteiger partial charge in [0.25, 0.3) is 0 Å². The van der Waals surface area contributed by atoms with E-state index in [2.05, 4.69) is 10.2 Å². The lowest BCUT2D eigenvalue weighted by Crippen LogP contribution is -2.44. The molecule has 1 heterocycles. The lowest BCUT2D eigenvalue weighted by molar-refractivity contribution is -0.143. The quantitative estimate of drug-likeness (QED) is 0.636. The second-order valence-electron chi connectivity index (χ2n) is 4.23. The van der Waals surface area contributed by atoms with Crippen LogP contribution in [0.1, 0.15) is 6.42 Å². The maximum atomic E-state index is 11.4. The molecule has 2 atom stereocenters. The molecule has 1 fully saturated rings. The van der Waals surface area contributed by atoms with Crippen molar-refractivity contribution in [2.75, 3.05) is 47.5 Å². The van der Waals surface area contributed by atoms with Crippen molar-refractivity contribution in [3.05, 3.63) is 0 Å². The zero-order valence-electron chi connectivity index (χ0n) is 10.4. The van der Waals surface area contributed by atoms with Gasteiger partial charge in [-0.05, 0) is 25.9 Å². The summed E-state index contributed by atoms with van der Waals surface area (Å²) in [6, 6.07) is -0.230. The molecular weight excluding hydrogens is 208 g/mol. The number of nitrogens with zero attached hydrogens (tertiary/aromatic N) is 1. The minimum atomic E-state index is -0.230. The lowest BCUT2D eigenvalue weighted by atomic mass is 10.1. The number of hydrogen-bond donors (Lipinski definition) is 1. The summed E-state index contributed by atoms with van der Waals surface area (Å²) in [6.07, 6.45) is 1.14. The van der Waals surface area contributed by atoms with Gasteiger partial charge in [-0.3, -0.25) is 4.79 Å². The van der Waals surface area contributed by atoms with E-state index in [0.717, 1.165) is 26.1 Å². The lowest BCUT2D eigenvalue weighted by Gasteiger charge is -2.21. The van der Waals surface area contributed by atoms with Gasteiger partial charge in [0.15, 0.2) is 0 Å². The van der Waals surface area contributed by atoms with Gasteiger partial charge in [-0.25, -0.2) is 0 Å². The molecule has 2 unspecified atom stereocenters. The van der Waals surface area contributed by atoms with E-state index in [4.69, 9.17) is 9.47 Å². The molecule has 1 N–H and O–H groups in total. The van der Waals surface area contributed by atoms with Crippen molar-refractivity contribution in [2.45, 2.75) is 12.5 Å². The van der Waals surface area contributed by atoms with E-state index in [1.807, 2.05) is 0 Å². The number of hydrogen-bond acceptors (Lipinski definition) is 5. The topological polar surface area (TPSA) is 50.8 Å². The number of esters is 1. The van der Waals surface area contributed by atoms with Crippen molar-refractivity contribution in [1.29, 1.82) is 0 Å². The maximum absolute atomic E-state index is 11.4. The highest BCUT2D eigenvalue weighted by Crippen LogP contribution is 2.16. The van der Waals surface area contributed by atoms with Crippen molar-refractivity contribution < 1.29 is 14.3 Å². The van der Waals surface area contributed by atoms with E-state index in [0.29, 0.717) is 12.5 Å². The molecule has 0 saturated carbocycles. The van der Waals surface area contributed by atoms with Gasteiger partial charge in [-0.1, -0.05) is 0 Å². The molecule has 16 heavy (non-hydrogen) atoms. The van der Waals surface area contributed by atoms with Crippen LogP contribution in [0.15, 0.2) is 0 Å². The van der Waals surface area contributed by atoms with Crippen molar-refractivity contribution in [3.8, 4) is 0 Å². The van der Waals surface area contributed by atoms with Gasteiger partial charge in [0.2, 0.25) is 0 Å². The van der Waals surface area contributed by atoms with E-state index in [1.54, 1.807) is 14.2 Å². The summed E-state index contributed by atoms with van der Waals surface area (Å²) in [6.45, 7) is 3.55. The highest BCUT2D eigenvalue weighted by atomic mass is 16.5. The highest BCUT2D eigenvalue weighted by Gasteiger charge is 2.27. The molecule has 0 radical (unpaired) electrons. The molecule has 0 amide bonds. The molecule has 1 saturated heterocycles. The third kappa shape index (κ3) is 3.73. The van der Waals surface area contributed by atoms with Crippen LogP contribution in [-0.4, -0.2) is 64.4 Å². The van der Waals surface area contributed by atoms with Crippen LogP contribution in [0, 0.1) is 5.92 Å². The predicted octanol–water partition coefficient (Wildman–Crippen LogP) is -0.284. The molecule has 0 aromatic heterocycles.